The van der Waals surface area contributed by atoms with Crippen molar-refractivity contribution >= 4 is 10.9 Å². The van der Waals surface area contributed by atoms with Crippen molar-refractivity contribution in [2.24, 2.45) is 12.8 Å². The number of ether oxygens (including phenoxy) is 2. The minimum atomic E-state index is 0.498. The molecule has 0 amide bonds. The summed E-state index contributed by atoms with van der Waals surface area (Å²) in [5.41, 5.74) is 7.76. The van der Waals surface area contributed by atoms with Crippen LogP contribution in [0.1, 0.15) is 5.69 Å². The molecule has 1 heterocycles. The first-order valence-electron chi connectivity index (χ1n) is 5.12. The molecule has 16 heavy (non-hydrogen) atoms. The highest BCUT2D eigenvalue weighted by atomic mass is 16.5. The van der Waals surface area contributed by atoms with Gasteiger partial charge in [-0.05, 0) is 18.2 Å². The number of benzene rings is 1. The summed E-state index contributed by atoms with van der Waals surface area (Å²) in [6, 6.07) is 5.85. The molecule has 0 spiro atoms. The molecule has 2 aromatic rings. The van der Waals surface area contributed by atoms with Crippen LogP contribution in [0.2, 0.25) is 0 Å². The van der Waals surface area contributed by atoms with E-state index in [-0.39, 0.29) is 0 Å². The zero-order chi connectivity index (χ0) is 11.7. The van der Waals surface area contributed by atoms with Crippen molar-refractivity contribution < 1.29 is 9.47 Å². The van der Waals surface area contributed by atoms with Gasteiger partial charge in [-0.15, -0.1) is 0 Å². The van der Waals surface area contributed by atoms with Crippen LogP contribution in [0.3, 0.4) is 0 Å². The van der Waals surface area contributed by atoms with Crippen molar-refractivity contribution in [1.82, 2.24) is 4.57 Å². The number of aromatic nitrogens is 1. The molecule has 0 aliphatic heterocycles. The van der Waals surface area contributed by atoms with Crippen molar-refractivity contribution in [3.05, 3.63) is 23.9 Å². The maximum Gasteiger partial charge on any atom is 0.143 e. The van der Waals surface area contributed by atoms with Gasteiger partial charge in [0.15, 0.2) is 0 Å². The highest BCUT2D eigenvalue weighted by molar-refractivity contribution is 5.92. The van der Waals surface area contributed by atoms with Gasteiger partial charge in [-0.25, -0.2) is 0 Å². The molecular weight excluding hydrogens is 204 g/mol. The lowest BCUT2D eigenvalue weighted by Gasteiger charge is -2.08. The third-order valence-electron chi connectivity index (χ3n) is 2.87. The summed E-state index contributed by atoms with van der Waals surface area (Å²) in [4.78, 5) is 0. The van der Waals surface area contributed by atoms with Crippen LogP contribution in [0.4, 0.5) is 0 Å². The zero-order valence-electron chi connectivity index (χ0n) is 9.78. The van der Waals surface area contributed by atoms with E-state index in [4.69, 9.17) is 15.2 Å². The third kappa shape index (κ3) is 1.42. The molecular formula is C12H16N2O2. The Balaban J connectivity index is 2.82. The summed E-state index contributed by atoms with van der Waals surface area (Å²) >= 11 is 0. The van der Waals surface area contributed by atoms with Crippen molar-refractivity contribution in [2.75, 3.05) is 14.2 Å². The van der Waals surface area contributed by atoms with Crippen LogP contribution >= 0.6 is 0 Å². The van der Waals surface area contributed by atoms with E-state index in [2.05, 4.69) is 0 Å². The van der Waals surface area contributed by atoms with Crippen molar-refractivity contribution in [2.45, 2.75) is 6.54 Å². The highest BCUT2D eigenvalue weighted by Crippen LogP contribution is 2.34. The molecule has 0 saturated heterocycles. The Morgan fingerprint density at radius 3 is 2.38 bits per heavy atom. The number of methoxy groups -OCH3 is 2. The number of hydrogen-bond donors (Lipinski definition) is 1. The van der Waals surface area contributed by atoms with Crippen molar-refractivity contribution in [3.8, 4) is 11.5 Å². The SMILES string of the molecule is COc1ccc(OC)c2c1cc(CN)n2C. The minimum Gasteiger partial charge on any atom is -0.496 e. The largest absolute Gasteiger partial charge is 0.496 e. The normalized spacial score (nSPS) is 10.8. The summed E-state index contributed by atoms with van der Waals surface area (Å²) in [6.07, 6.45) is 0. The second-order valence-corrected chi connectivity index (χ2v) is 3.63. The van der Waals surface area contributed by atoms with Gasteiger partial charge in [-0.1, -0.05) is 0 Å². The Labute approximate surface area is 94.6 Å². The van der Waals surface area contributed by atoms with E-state index in [1.807, 2.05) is 29.8 Å². The van der Waals surface area contributed by atoms with Gasteiger partial charge in [-0.2, -0.15) is 0 Å². The second-order valence-electron chi connectivity index (χ2n) is 3.63. The molecule has 0 aliphatic carbocycles. The van der Waals surface area contributed by atoms with E-state index in [1.54, 1.807) is 14.2 Å². The first-order chi connectivity index (χ1) is 7.72. The van der Waals surface area contributed by atoms with E-state index in [1.165, 1.54) is 0 Å². The van der Waals surface area contributed by atoms with E-state index in [0.717, 1.165) is 28.1 Å². The van der Waals surface area contributed by atoms with Crippen LogP contribution in [0.25, 0.3) is 10.9 Å². The summed E-state index contributed by atoms with van der Waals surface area (Å²) in [7, 11) is 5.30. The van der Waals surface area contributed by atoms with Gasteiger partial charge in [0.05, 0.1) is 19.7 Å². The summed E-state index contributed by atoms with van der Waals surface area (Å²) in [5.74, 6) is 1.67. The first-order valence-corrected chi connectivity index (χ1v) is 5.12. The average Bonchev–Trinajstić information content (AvgIpc) is 2.66. The number of nitrogens with two attached hydrogens (primary N) is 1. The van der Waals surface area contributed by atoms with E-state index in [9.17, 15) is 0 Å². The molecule has 0 fully saturated rings. The molecule has 2 N–H and O–H groups in total. The molecule has 4 nitrogen and oxygen atoms in total. The topological polar surface area (TPSA) is 49.4 Å². The second kappa shape index (κ2) is 4.06. The van der Waals surface area contributed by atoms with Gasteiger partial charge in [0, 0.05) is 24.7 Å². The Morgan fingerprint density at radius 1 is 1.19 bits per heavy atom. The summed E-state index contributed by atoms with van der Waals surface area (Å²) < 4.78 is 12.7. The molecule has 0 unspecified atom stereocenters. The van der Waals surface area contributed by atoms with E-state index >= 15 is 0 Å². The number of aryl methyl sites for hydroxylation is 1. The monoisotopic (exact) mass is 220 g/mol. The Hall–Kier alpha value is -1.68. The average molecular weight is 220 g/mol. The van der Waals surface area contributed by atoms with Gasteiger partial charge in [0.2, 0.25) is 0 Å². The van der Waals surface area contributed by atoms with Crippen LogP contribution in [0, 0.1) is 0 Å². The smallest absolute Gasteiger partial charge is 0.143 e. The standard InChI is InChI=1S/C12H16N2O2/c1-14-8(7-13)6-9-10(15-2)4-5-11(16-3)12(9)14/h4-6H,7,13H2,1-3H3. The van der Waals surface area contributed by atoms with Gasteiger partial charge >= 0.3 is 0 Å². The number of hydrogen-bond acceptors (Lipinski definition) is 3. The summed E-state index contributed by atoms with van der Waals surface area (Å²) in [6.45, 7) is 0.498. The van der Waals surface area contributed by atoms with Gasteiger partial charge < -0.3 is 19.8 Å². The van der Waals surface area contributed by atoms with Crippen LogP contribution in [-0.2, 0) is 13.6 Å². The molecule has 0 atom stereocenters. The first kappa shape index (κ1) is 10.8. The molecule has 1 aromatic heterocycles. The Morgan fingerprint density at radius 2 is 1.81 bits per heavy atom. The number of rotatable bonds is 3. The lowest BCUT2D eigenvalue weighted by Crippen LogP contribution is -2.03. The van der Waals surface area contributed by atoms with Gasteiger partial charge in [0.1, 0.15) is 11.5 Å². The third-order valence-corrected chi connectivity index (χ3v) is 2.87. The fourth-order valence-corrected chi connectivity index (χ4v) is 2.00. The Bertz CT molecular complexity index is 517. The summed E-state index contributed by atoms with van der Waals surface area (Å²) in [5, 5.41) is 1.03. The maximum atomic E-state index is 5.70. The molecule has 86 valence electrons. The van der Waals surface area contributed by atoms with E-state index in [0.29, 0.717) is 6.54 Å². The predicted molar refractivity (Wildman–Crippen MR) is 63.9 cm³/mol. The highest BCUT2D eigenvalue weighted by Gasteiger charge is 2.13. The predicted octanol–water partition coefficient (Wildman–Crippen LogP) is 1.65. The fourth-order valence-electron chi connectivity index (χ4n) is 2.00. The van der Waals surface area contributed by atoms with Gasteiger partial charge in [0.25, 0.3) is 0 Å². The van der Waals surface area contributed by atoms with Crippen LogP contribution in [-0.4, -0.2) is 18.8 Å². The molecule has 0 aliphatic rings. The van der Waals surface area contributed by atoms with Crippen molar-refractivity contribution in [3.63, 3.8) is 0 Å². The quantitative estimate of drug-likeness (QED) is 0.855. The Kier molecular flexibility index (Phi) is 2.75. The number of nitrogens with zero attached hydrogens (tertiary/aromatic N) is 1. The zero-order valence-corrected chi connectivity index (χ0v) is 9.78. The molecule has 0 saturated carbocycles. The lowest BCUT2D eigenvalue weighted by molar-refractivity contribution is 0.409. The van der Waals surface area contributed by atoms with Crippen molar-refractivity contribution in [1.29, 1.82) is 0 Å². The van der Waals surface area contributed by atoms with E-state index < -0.39 is 0 Å². The molecule has 0 radical (unpaired) electrons. The van der Waals surface area contributed by atoms with Crippen LogP contribution in [0.15, 0.2) is 18.2 Å². The molecule has 4 heteroatoms. The van der Waals surface area contributed by atoms with Crippen LogP contribution < -0.4 is 15.2 Å². The lowest BCUT2D eigenvalue weighted by atomic mass is 10.2. The molecule has 2 rings (SSSR count). The van der Waals surface area contributed by atoms with Gasteiger partial charge in [-0.3, -0.25) is 0 Å². The molecule has 1 aromatic carbocycles. The van der Waals surface area contributed by atoms with Crippen LogP contribution in [0.5, 0.6) is 11.5 Å². The maximum absolute atomic E-state index is 5.70. The molecule has 0 bridgehead atoms. The fraction of sp³-hybridized carbons (Fsp3) is 0.333. The minimum absolute atomic E-state index is 0.498. The number of fused-ring (bicyclic) bond motifs is 1.